The average Bonchev–Trinajstić information content (AvgIpc) is 3.47. The Morgan fingerprint density at radius 3 is 2.17 bits per heavy atom. The number of thiophene rings is 1. The third kappa shape index (κ3) is 6.03. The van der Waals surface area contributed by atoms with Crippen LogP contribution >= 0.6 is 23.1 Å². The van der Waals surface area contributed by atoms with Gasteiger partial charge in [-0.2, -0.15) is 21.6 Å². The number of nitrogens with one attached hydrogen (secondary N) is 1. The van der Waals surface area contributed by atoms with E-state index >= 15 is 0 Å². The first-order valence-corrected chi connectivity index (χ1v) is 15.6. The topological polar surface area (TPSA) is 119 Å². The van der Waals surface area contributed by atoms with Crippen LogP contribution in [-0.2, 0) is 39.8 Å². The predicted molar refractivity (Wildman–Crippen MR) is 147 cm³/mol. The third-order valence-electron chi connectivity index (χ3n) is 6.28. The van der Waals surface area contributed by atoms with Gasteiger partial charge in [0.15, 0.2) is 17.6 Å². The molecule has 9 nitrogen and oxygen atoms in total. The van der Waals surface area contributed by atoms with E-state index in [-0.39, 0.29) is 6.42 Å². The highest BCUT2D eigenvalue weighted by molar-refractivity contribution is 8.00. The van der Waals surface area contributed by atoms with E-state index in [0.29, 0.717) is 11.1 Å². The molecule has 2 atom stereocenters. The molecule has 1 aromatic heterocycles. The molecular formula is C27H21F3N2O7S3. The Morgan fingerprint density at radius 2 is 1.62 bits per heavy atom. The van der Waals surface area contributed by atoms with Crippen LogP contribution in [-0.4, -0.2) is 53.8 Å². The Balaban J connectivity index is 1.46. The molecule has 1 saturated heterocycles. The van der Waals surface area contributed by atoms with Crippen molar-refractivity contribution in [3.05, 3.63) is 106 Å². The maximum absolute atomic E-state index is 13.7. The molecule has 0 aliphatic carbocycles. The van der Waals surface area contributed by atoms with Crippen molar-refractivity contribution in [2.75, 3.05) is 5.75 Å². The summed E-state index contributed by atoms with van der Waals surface area (Å²) in [7, 11) is -6.18. The second kappa shape index (κ2) is 11.8. The highest BCUT2D eigenvalue weighted by atomic mass is 32.2. The van der Waals surface area contributed by atoms with Crippen LogP contribution < -0.4 is 5.32 Å². The van der Waals surface area contributed by atoms with Gasteiger partial charge in [-0.3, -0.25) is 14.5 Å². The summed E-state index contributed by atoms with van der Waals surface area (Å²) in [6.07, 6.45) is -1.06. The van der Waals surface area contributed by atoms with Crippen molar-refractivity contribution < 1.29 is 44.9 Å². The van der Waals surface area contributed by atoms with Crippen molar-refractivity contribution in [2.24, 2.45) is 0 Å². The molecule has 42 heavy (non-hydrogen) atoms. The average molecular weight is 639 g/mol. The molecule has 2 aliphatic heterocycles. The van der Waals surface area contributed by atoms with Gasteiger partial charge < -0.3 is 14.2 Å². The van der Waals surface area contributed by atoms with Crippen molar-refractivity contribution in [3.8, 4) is 0 Å². The number of nitrogens with zero attached hydrogens (tertiary/aromatic N) is 1. The SMILES string of the molecule is O=C(Cc1cccs1)NC1C(=O)N2C(C(=O)OC(c3ccccc3)c3ccccc3)=C(OS(=O)(=O)C(F)(F)F)CS[C@H]12. The lowest BCUT2D eigenvalue weighted by Crippen LogP contribution is -2.70. The number of thioether (sulfide) groups is 1. The number of fused-ring (bicyclic) bond motifs is 1. The van der Waals surface area contributed by atoms with Gasteiger partial charge in [-0.1, -0.05) is 66.7 Å². The minimum atomic E-state index is -6.18. The lowest BCUT2D eigenvalue weighted by molar-refractivity contribution is -0.155. The van der Waals surface area contributed by atoms with Gasteiger partial charge in [0.2, 0.25) is 5.91 Å². The number of ether oxygens (including phenoxy) is 1. The van der Waals surface area contributed by atoms with Gasteiger partial charge in [-0.15, -0.1) is 23.1 Å². The lowest BCUT2D eigenvalue weighted by Gasteiger charge is -2.49. The van der Waals surface area contributed by atoms with E-state index in [0.717, 1.165) is 21.5 Å². The van der Waals surface area contributed by atoms with E-state index in [1.54, 1.807) is 78.2 Å². The molecule has 3 aromatic rings. The van der Waals surface area contributed by atoms with E-state index in [2.05, 4.69) is 9.50 Å². The second-order valence-corrected chi connectivity index (χ2v) is 12.7. The number of esters is 1. The van der Waals surface area contributed by atoms with Gasteiger partial charge in [0.1, 0.15) is 11.4 Å². The van der Waals surface area contributed by atoms with Crippen LogP contribution in [0.5, 0.6) is 0 Å². The zero-order valence-electron chi connectivity index (χ0n) is 21.3. The largest absolute Gasteiger partial charge is 0.534 e. The first-order chi connectivity index (χ1) is 20.0. The summed E-state index contributed by atoms with van der Waals surface area (Å²) >= 11 is 2.18. The number of carbonyl (C=O) groups excluding carboxylic acids is 3. The van der Waals surface area contributed by atoms with E-state index in [1.807, 2.05) is 0 Å². The Bertz CT molecular complexity index is 1570. The Morgan fingerprint density at radius 1 is 1.00 bits per heavy atom. The summed E-state index contributed by atoms with van der Waals surface area (Å²) in [6.45, 7) is 0. The monoisotopic (exact) mass is 638 g/mol. The van der Waals surface area contributed by atoms with Crippen LogP contribution in [0.25, 0.3) is 0 Å². The fourth-order valence-corrected chi connectivity index (χ4v) is 6.90. The van der Waals surface area contributed by atoms with Crippen molar-refractivity contribution in [2.45, 2.75) is 29.4 Å². The van der Waals surface area contributed by atoms with Crippen molar-refractivity contribution in [1.82, 2.24) is 10.2 Å². The molecule has 3 heterocycles. The first kappa shape index (κ1) is 29.7. The molecule has 2 aliphatic rings. The van der Waals surface area contributed by atoms with Gasteiger partial charge in [0, 0.05) is 4.88 Å². The number of hydrogen-bond acceptors (Lipinski definition) is 9. The third-order valence-corrected chi connectivity index (χ3v) is 9.40. The molecule has 1 unspecified atom stereocenters. The maximum atomic E-state index is 13.7. The highest BCUT2D eigenvalue weighted by Gasteiger charge is 2.57. The number of benzene rings is 2. The summed E-state index contributed by atoms with van der Waals surface area (Å²) in [4.78, 5) is 41.0. The standard InChI is InChI=1S/C27H21F3N2O7S3/c28-27(29,30)42(36,37)39-19-15-41-25-21(31-20(33)14-18-12-7-13-40-18)24(34)32(25)22(19)26(35)38-23(16-8-3-1-4-9-16)17-10-5-2-6-11-17/h1-13,21,23,25H,14-15H2,(H,31,33)/t21?,25-/m1/s1. The molecule has 2 aromatic carbocycles. The van der Waals surface area contributed by atoms with Gasteiger partial charge in [-0.25, -0.2) is 4.79 Å². The number of β-lactam (4-membered cyclic amide) rings is 1. The van der Waals surface area contributed by atoms with Crippen LogP contribution in [0.4, 0.5) is 13.2 Å². The van der Waals surface area contributed by atoms with Crippen LogP contribution in [0.3, 0.4) is 0 Å². The Kier molecular flexibility index (Phi) is 8.35. The molecule has 0 bridgehead atoms. The number of rotatable bonds is 9. The van der Waals surface area contributed by atoms with E-state index < -0.39 is 68.1 Å². The van der Waals surface area contributed by atoms with Crippen LogP contribution in [0.1, 0.15) is 22.1 Å². The number of alkyl halides is 3. The normalized spacial score (nSPS) is 18.8. The molecule has 15 heteroatoms. The molecule has 1 fully saturated rings. The van der Waals surface area contributed by atoms with Gasteiger partial charge >= 0.3 is 21.6 Å². The summed E-state index contributed by atoms with van der Waals surface area (Å²) < 4.78 is 73.5. The van der Waals surface area contributed by atoms with Crippen LogP contribution in [0.15, 0.2) is 89.6 Å². The molecule has 1 N–H and O–H groups in total. The molecule has 220 valence electrons. The second-order valence-electron chi connectivity index (χ2n) is 9.07. The Labute approximate surface area is 246 Å². The minimum absolute atomic E-state index is 0.00239. The zero-order valence-corrected chi connectivity index (χ0v) is 23.8. The van der Waals surface area contributed by atoms with Gasteiger partial charge in [0.25, 0.3) is 5.91 Å². The molecule has 0 saturated carbocycles. The fourth-order valence-electron chi connectivity index (χ4n) is 4.37. The molecule has 5 rings (SSSR count). The maximum Gasteiger partial charge on any atom is 0.534 e. The summed E-state index contributed by atoms with van der Waals surface area (Å²) in [6, 6.07) is 19.3. The zero-order chi connectivity index (χ0) is 30.1. The van der Waals surface area contributed by atoms with Crippen molar-refractivity contribution >= 4 is 51.0 Å². The number of amides is 2. The summed E-state index contributed by atoms with van der Waals surface area (Å²) in [5.41, 5.74) is -5.54. The summed E-state index contributed by atoms with van der Waals surface area (Å²) in [5.74, 6) is -4.01. The number of hydrogen-bond donors (Lipinski definition) is 1. The van der Waals surface area contributed by atoms with Crippen LogP contribution in [0.2, 0.25) is 0 Å². The van der Waals surface area contributed by atoms with Crippen molar-refractivity contribution in [3.63, 3.8) is 0 Å². The summed E-state index contributed by atoms with van der Waals surface area (Å²) in [5, 5.41) is 3.45. The van der Waals surface area contributed by atoms with E-state index in [4.69, 9.17) is 4.74 Å². The lowest BCUT2D eigenvalue weighted by atomic mass is 10.0. The number of carbonyl (C=O) groups is 3. The fraction of sp³-hybridized carbons (Fsp3) is 0.222. The molecule has 0 spiro atoms. The molecular weight excluding hydrogens is 617 g/mol. The molecule has 2 amide bonds. The van der Waals surface area contributed by atoms with Crippen molar-refractivity contribution in [1.29, 1.82) is 0 Å². The van der Waals surface area contributed by atoms with E-state index in [1.165, 1.54) is 11.3 Å². The van der Waals surface area contributed by atoms with Gasteiger partial charge in [0.05, 0.1) is 12.2 Å². The van der Waals surface area contributed by atoms with E-state index in [9.17, 15) is 36.0 Å². The minimum Gasteiger partial charge on any atom is -0.448 e. The van der Waals surface area contributed by atoms with Gasteiger partial charge in [-0.05, 0) is 22.6 Å². The predicted octanol–water partition coefficient (Wildman–Crippen LogP) is 4.10. The smallest absolute Gasteiger partial charge is 0.448 e. The first-order valence-electron chi connectivity index (χ1n) is 12.3. The number of halogens is 3. The van der Waals surface area contributed by atoms with Crippen LogP contribution in [0, 0.1) is 0 Å². The molecule has 0 radical (unpaired) electrons. The Hall–Kier alpha value is -3.82. The highest BCUT2D eigenvalue weighted by Crippen LogP contribution is 2.43. The quantitative estimate of drug-likeness (QED) is 0.161.